The van der Waals surface area contributed by atoms with E-state index in [1.165, 1.54) is 30.4 Å². The molecule has 0 bridgehead atoms. The average molecular weight is 296 g/mol. The maximum Gasteiger partial charge on any atom is 0.503 e. The predicted octanol–water partition coefficient (Wildman–Crippen LogP) is 4.62. The normalized spacial score (nSPS) is 16.9. The molecule has 0 aromatic carbocycles. The van der Waals surface area contributed by atoms with Crippen LogP contribution in [0.2, 0.25) is 0 Å². The van der Waals surface area contributed by atoms with Crippen LogP contribution in [0.25, 0.3) is 0 Å². The first kappa shape index (κ1) is 19.4. The quantitative estimate of drug-likeness (QED) is 0.625. The first-order valence-corrected chi connectivity index (χ1v) is 7.42. The highest BCUT2D eigenvalue weighted by molar-refractivity contribution is 5.53. The molecule has 0 amide bonds. The minimum atomic E-state index is -1.83. The molecule has 1 atom stereocenters. The van der Waals surface area contributed by atoms with Gasteiger partial charge in [-0.3, -0.25) is 0 Å². The van der Waals surface area contributed by atoms with Crippen LogP contribution in [0.1, 0.15) is 52.9 Å². The number of carbonyl (C=O) groups is 1. The molecule has 4 nitrogen and oxygen atoms in total. The van der Waals surface area contributed by atoms with E-state index in [0.29, 0.717) is 5.92 Å². The van der Waals surface area contributed by atoms with Gasteiger partial charge in [0.2, 0.25) is 0 Å². The molecule has 0 radical (unpaired) electrons. The molecule has 1 aliphatic carbocycles. The number of aliphatic hydroxyl groups is 1. The Balaban J connectivity index is 0.000000885. The van der Waals surface area contributed by atoms with E-state index < -0.39 is 6.16 Å². The lowest BCUT2D eigenvalue weighted by atomic mass is 9.92. The number of aliphatic hydroxyl groups excluding tert-OH is 1. The summed E-state index contributed by atoms with van der Waals surface area (Å²) in [5, 5.41) is 22.7. The van der Waals surface area contributed by atoms with Gasteiger partial charge in [0.1, 0.15) is 0 Å². The molecule has 3 N–H and O–H groups in total. The van der Waals surface area contributed by atoms with E-state index in [9.17, 15) is 0 Å². The molecule has 21 heavy (non-hydrogen) atoms. The molecule has 0 saturated heterocycles. The molecular formula is C17H28O4. The zero-order valence-corrected chi connectivity index (χ0v) is 13.3. The van der Waals surface area contributed by atoms with Crippen molar-refractivity contribution in [3.63, 3.8) is 0 Å². The maximum atomic E-state index is 8.78. The maximum absolute atomic E-state index is 8.78. The minimum Gasteiger partial charge on any atom is -0.450 e. The molecule has 0 saturated carbocycles. The van der Waals surface area contributed by atoms with Gasteiger partial charge in [0.25, 0.3) is 0 Å². The summed E-state index contributed by atoms with van der Waals surface area (Å²) in [7, 11) is 0. The summed E-state index contributed by atoms with van der Waals surface area (Å²) in [6.07, 6.45) is 10.9. The summed E-state index contributed by atoms with van der Waals surface area (Å²) in [6, 6.07) is 0. The molecule has 0 aromatic rings. The van der Waals surface area contributed by atoms with Crippen LogP contribution in [0, 0.1) is 5.92 Å². The van der Waals surface area contributed by atoms with Crippen LogP contribution in [-0.4, -0.2) is 28.1 Å². The van der Waals surface area contributed by atoms with Gasteiger partial charge < -0.3 is 15.3 Å². The van der Waals surface area contributed by atoms with Crippen molar-refractivity contribution < 1.29 is 20.1 Å². The topological polar surface area (TPSA) is 77.8 Å². The van der Waals surface area contributed by atoms with Crippen molar-refractivity contribution in [2.75, 3.05) is 6.61 Å². The van der Waals surface area contributed by atoms with Crippen molar-refractivity contribution in [3.05, 3.63) is 34.9 Å². The molecule has 1 rings (SSSR count). The number of carboxylic acid groups (broad SMARTS) is 2. The van der Waals surface area contributed by atoms with Crippen molar-refractivity contribution in [2.45, 2.75) is 52.9 Å². The van der Waals surface area contributed by atoms with Gasteiger partial charge in [-0.25, -0.2) is 4.79 Å². The Morgan fingerprint density at radius 3 is 2.43 bits per heavy atom. The standard InChI is InChI=1S/C16H26O.CH2O3/c1-13(11-12-17)7-6-8-14(2)15(3)16-9-4-5-10-16;2-1(3)4/h8-9,11,15,17H,4-7,10,12H2,1-3H3;(H2,2,3,4)/b13-11+,14-8?;. The lowest BCUT2D eigenvalue weighted by Gasteiger charge is -2.14. The lowest BCUT2D eigenvalue weighted by molar-refractivity contribution is 0.137. The van der Waals surface area contributed by atoms with E-state index in [1.54, 1.807) is 5.57 Å². The molecule has 0 heterocycles. The number of rotatable bonds is 6. The summed E-state index contributed by atoms with van der Waals surface area (Å²) in [4.78, 5) is 8.56. The Morgan fingerprint density at radius 2 is 1.95 bits per heavy atom. The highest BCUT2D eigenvalue weighted by atomic mass is 16.6. The van der Waals surface area contributed by atoms with Crippen molar-refractivity contribution in [1.82, 2.24) is 0 Å². The molecule has 4 heteroatoms. The van der Waals surface area contributed by atoms with E-state index in [4.69, 9.17) is 20.1 Å². The van der Waals surface area contributed by atoms with Crippen molar-refractivity contribution in [3.8, 4) is 0 Å². The fourth-order valence-electron chi connectivity index (χ4n) is 2.34. The average Bonchev–Trinajstić information content (AvgIpc) is 2.91. The van der Waals surface area contributed by atoms with Crippen LogP contribution in [-0.2, 0) is 0 Å². The summed E-state index contributed by atoms with van der Waals surface area (Å²) in [5.41, 5.74) is 4.40. The van der Waals surface area contributed by atoms with Gasteiger partial charge >= 0.3 is 6.16 Å². The van der Waals surface area contributed by atoms with Crippen LogP contribution in [0.4, 0.5) is 4.79 Å². The summed E-state index contributed by atoms with van der Waals surface area (Å²) in [5.74, 6) is 0.625. The van der Waals surface area contributed by atoms with Crippen LogP contribution < -0.4 is 0 Å². The lowest BCUT2D eigenvalue weighted by Crippen LogP contribution is -1.99. The molecule has 1 aliphatic rings. The van der Waals surface area contributed by atoms with Crippen molar-refractivity contribution in [2.24, 2.45) is 5.92 Å². The van der Waals surface area contributed by atoms with Gasteiger partial charge in [0, 0.05) is 0 Å². The molecule has 1 unspecified atom stereocenters. The first-order valence-electron chi connectivity index (χ1n) is 7.42. The third kappa shape index (κ3) is 9.91. The van der Waals surface area contributed by atoms with E-state index >= 15 is 0 Å². The largest absolute Gasteiger partial charge is 0.503 e. The fraction of sp³-hybridized carbons (Fsp3) is 0.588. The second kappa shape index (κ2) is 11.1. The first-order chi connectivity index (χ1) is 9.88. The molecule has 0 fully saturated rings. The van der Waals surface area contributed by atoms with Gasteiger partial charge in [0.15, 0.2) is 0 Å². The van der Waals surface area contributed by atoms with Crippen LogP contribution in [0.5, 0.6) is 0 Å². The van der Waals surface area contributed by atoms with Crippen molar-refractivity contribution in [1.29, 1.82) is 0 Å². The van der Waals surface area contributed by atoms with E-state index in [1.807, 2.05) is 6.08 Å². The predicted molar refractivity (Wildman–Crippen MR) is 85.6 cm³/mol. The smallest absolute Gasteiger partial charge is 0.450 e. The summed E-state index contributed by atoms with van der Waals surface area (Å²) >= 11 is 0. The molecule has 0 spiro atoms. The minimum absolute atomic E-state index is 0.165. The van der Waals surface area contributed by atoms with Crippen LogP contribution >= 0.6 is 0 Å². The van der Waals surface area contributed by atoms with Gasteiger partial charge in [-0.2, -0.15) is 0 Å². The Hall–Kier alpha value is -1.55. The summed E-state index contributed by atoms with van der Waals surface area (Å²) < 4.78 is 0. The molecule has 120 valence electrons. The van der Waals surface area contributed by atoms with E-state index in [-0.39, 0.29) is 6.61 Å². The Bertz CT molecular complexity index is 401. The monoisotopic (exact) mass is 296 g/mol. The Kier molecular flexibility index (Phi) is 10.3. The van der Waals surface area contributed by atoms with E-state index in [2.05, 4.69) is 32.9 Å². The molecule has 0 aliphatic heterocycles. The number of hydrogen-bond acceptors (Lipinski definition) is 2. The fourth-order valence-corrected chi connectivity index (χ4v) is 2.34. The molecule has 0 aromatic heterocycles. The third-order valence-electron chi connectivity index (χ3n) is 3.76. The van der Waals surface area contributed by atoms with Gasteiger partial charge in [0.05, 0.1) is 6.61 Å². The Morgan fingerprint density at radius 1 is 1.33 bits per heavy atom. The third-order valence-corrected chi connectivity index (χ3v) is 3.76. The molecular weight excluding hydrogens is 268 g/mol. The highest BCUT2D eigenvalue weighted by Crippen LogP contribution is 2.29. The zero-order valence-electron chi connectivity index (χ0n) is 13.3. The Labute approximate surface area is 127 Å². The van der Waals surface area contributed by atoms with Crippen LogP contribution in [0.3, 0.4) is 0 Å². The number of hydrogen-bond donors (Lipinski definition) is 3. The van der Waals surface area contributed by atoms with Crippen LogP contribution in [0.15, 0.2) is 34.9 Å². The summed E-state index contributed by atoms with van der Waals surface area (Å²) in [6.45, 7) is 6.81. The SMILES string of the molecule is CC(=CCC/C(C)=C/CO)C(C)C1=CCCC1.O=C(O)O. The van der Waals surface area contributed by atoms with Gasteiger partial charge in [-0.1, -0.05) is 41.9 Å². The van der Waals surface area contributed by atoms with Gasteiger partial charge in [-0.05, 0) is 51.9 Å². The van der Waals surface area contributed by atoms with E-state index in [0.717, 1.165) is 12.8 Å². The second-order valence-electron chi connectivity index (χ2n) is 5.40. The van der Waals surface area contributed by atoms with Gasteiger partial charge in [-0.15, -0.1) is 0 Å². The highest BCUT2D eigenvalue weighted by Gasteiger charge is 2.13. The number of allylic oxidation sites excluding steroid dienone is 5. The van der Waals surface area contributed by atoms with Crippen molar-refractivity contribution >= 4 is 6.16 Å². The zero-order chi connectivity index (χ0) is 16.3. The second-order valence-corrected chi connectivity index (χ2v) is 5.40.